The number of hydrogen-bond acceptors (Lipinski definition) is 3. The lowest BCUT2D eigenvalue weighted by molar-refractivity contribution is -0.117. The van der Waals surface area contributed by atoms with Crippen LogP contribution in [0.2, 0.25) is 0 Å². The van der Waals surface area contributed by atoms with Gasteiger partial charge in [0.2, 0.25) is 0 Å². The Morgan fingerprint density at radius 2 is 1.35 bits per heavy atom. The average Bonchev–Trinajstić information content (AvgIpc) is 3.19. The van der Waals surface area contributed by atoms with Crippen LogP contribution >= 0.6 is 0 Å². The maximum Gasteiger partial charge on any atom is 0.200 e. The van der Waals surface area contributed by atoms with Crippen LogP contribution < -0.4 is 5.32 Å². The highest BCUT2D eigenvalue weighted by Gasteiger charge is 2.22. The molecule has 0 saturated heterocycles. The summed E-state index contributed by atoms with van der Waals surface area (Å²) in [6.07, 6.45) is 21.3. The third kappa shape index (κ3) is 11.0. The second-order valence-corrected chi connectivity index (χ2v) is 8.01. The van der Waals surface area contributed by atoms with Crippen LogP contribution in [0.4, 0.5) is 0 Å². The molecule has 1 aliphatic rings. The Morgan fingerprint density at radius 3 is 1.77 bits per heavy atom. The van der Waals surface area contributed by atoms with Gasteiger partial charge < -0.3 is 5.32 Å². The van der Waals surface area contributed by atoms with E-state index in [1.54, 1.807) is 0 Å². The number of carbonyl (C=O) groups is 1. The van der Waals surface area contributed by atoms with Gasteiger partial charge in [-0.25, -0.2) is 0 Å². The molecule has 3 heteroatoms. The molecule has 0 fully saturated rings. The first-order valence-electron chi connectivity index (χ1n) is 11.6. The average molecular weight is 365 g/mol. The summed E-state index contributed by atoms with van der Waals surface area (Å²) in [5.41, 5.74) is 0. The smallest absolute Gasteiger partial charge is 0.200 e. The fourth-order valence-electron chi connectivity index (χ4n) is 3.86. The first-order chi connectivity index (χ1) is 12.8. The summed E-state index contributed by atoms with van der Waals surface area (Å²) >= 11 is 0. The predicted octanol–water partition coefficient (Wildman–Crippen LogP) is 6.45. The normalized spacial score (nSPS) is 14.9. The molecule has 0 saturated carbocycles. The van der Waals surface area contributed by atoms with E-state index in [2.05, 4.69) is 24.2 Å². The van der Waals surface area contributed by atoms with Gasteiger partial charge >= 0.3 is 0 Å². The quantitative estimate of drug-likeness (QED) is 0.284. The van der Waals surface area contributed by atoms with Crippen LogP contribution in [0.15, 0.2) is 4.99 Å². The van der Waals surface area contributed by atoms with Crippen molar-refractivity contribution in [3.8, 4) is 0 Å². The minimum atomic E-state index is 0.177. The molecule has 1 heterocycles. The Kier molecular flexibility index (Phi) is 14.6. The molecule has 1 unspecified atom stereocenters. The fraction of sp³-hybridized carbons (Fsp3) is 0.913. The topological polar surface area (TPSA) is 41.5 Å². The van der Waals surface area contributed by atoms with Gasteiger partial charge in [0.15, 0.2) is 11.6 Å². The number of unbranched alkanes of at least 4 members (excludes halogenated alkanes) is 13. The zero-order valence-corrected chi connectivity index (χ0v) is 17.7. The number of amidine groups is 1. The van der Waals surface area contributed by atoms with Crippen LogP contribution in [0.5, 0.6) is 0 Å². The molecular formula is C23H44N2O. The molecule has 1 atom stereocenters. The molecule has 26 heavy (non-hydrogen) atoms. The Balaban J connectivity index is 1.87. The van der Waals surface area contributed by atoms with Crippen LogP contribution in [0.1, 0.15) is 117 Å². The summed E-state index contributed by atoms with van der Waals surface area (Å²) in [7, 11) is 0. The second kappa shape index (κ2) is 16.3. The van der Waals surface area contributed by atoms with E-state index in [9.17, 15) is 4.79 Å². The van der Waals surface area contributed by atoms with Crippen molar-refractivity contribution in [2.75, 3.05) is 13.1 Å². The van der Waals surface area contributed by atoms with E-state index in [1.807, 2.05) is 0 Å². The molecular weight excluding hydrogens is 320 g/mol. The van der Waals surface area contributed by atoms with Crippen LogP contribution in [0.25, 0.3) is 0 Å². The van der Waals surface area contributed by atoms with E-state index in [0.29, 0.717) is 5.84 Å². The summed E-state index contributed by atoms with van der Waals surface area (Å²) in [6, 6.07) is 0. The van der Waals surface area contributed by atoms with Crippen molar-refractivity contribution in [1.29, 1.82) is 0 Å². The molecule has 0 aromatic rings. The molecule has 1 aliphatic heterocycles. The molecule has 1 N–H and O–H groups in total. The molecule has 0 aromatic heterocycles. The summed E-state index contributed by atoms with van der Waals surface area (Å²) < 4.78 is 0. The van der Waals surface area contributed by atoms with E-state index in [-0.39, 0.29) is 11.7 Å². The molecule has 0 bridgehead atoms. The SMILES string of the molecule is CCCCCCCCCCCCCCCCC(CC)C(=O)C1=NCCN1. The largest absolute Gasteiger partial charge is 0.366 e. The van der Waals surface area contributed by atoms with E-state index in [1.165, 1.54) is 89.9 Å². The third-order valence-electron chi connectivity index (χ3n) is 5.68. The van der Waals surface area contributed by atoms with Crippen LogP contribution in [-0.4, -0.2) is 24.7 Å². The van der Waals surface area contributed by atoms with Crippen molar-refractivity contribution in [2.24, 2.45) is 10.9 Å². The van der Waals surface area contributed by atoms with Gasteiger partial charge in [0.05, 0.1) is 6.54 Å². The van der Waals surface area contributed by atoms with Crippen molar-refractivity contribution < 1.29 is 4.79 Å². The molecule has 0 radical (unpaired) electrons. The van der Waals surface area contributed by atoms with Gasteiger partial charge in [0, 0.05) is 12.5 Å². The van der Waals surface area contributed by atoms with Crippen molar-refractivity contribution >= 4 is 11.6 Å². The standard InChI is InChI=1S/C23H44N2O/c1-3-5-6-7-8-9-10-11-12-13-14-15-16-17-18-21(4-2)22(26)23-24-19-20-25-23/h21H,3-20H2,1-2H3,(H,24,25). The number of nitrogens with zero attached hydrogens (tertiary/aromatic N) is 1. The van der Waals surface area contributed by atoms with Crippen molar-refractivity contribution in [1.82, 2.24) is 5.32 Å². The molecule has 0 aliphatic carbocycles. The number of aliphatic imine (C=N–C) groups is 1. The maximum atomic E-state index is 12.3. The molecule has 152 valence electrons. The number of rotatable bonds is 18. The summed E-state index contributed by atoms with van der Waals surface area (Å²) in [4.78, 5) is 16.6. The highest BCUT2D eigenvalue weighted by molar-refractivity contribution is 6.39. The van der Waals surface area contributed by atoms with Crippen LogP contribution in [-0.2, 0) is 4.79 Å². The lowest BCUT2D eigenvalue weighted by Crippen LogP contribution is -2.32. The van der Waals surface area contributed by atoms with Gasteiger partial charge in [-0.05, 0) is 12.8 Å². The van der Waals surface area contributed by atoms with Crippen LogP contribution in [0, 0.1) is 5.92 Å². The first-order valence-corrected chi connectivity index (χ1v) is 11.6. The Labute approximate surface area is 162 Å². The number of ketones is 1. The minimum Gasteiger partial charge on any atom is -0.366 e. The zero-order chi connectivity index (χ0) is 18.9. The summed E-state index contributed by atoms with van der Waals surface area (Å²) in [5.74, 6) is 1.07. The third-order valence-corrected chi connectivity index (χ3v) is 5.68. The highest BCUT2D eigenvalue weighted by atomic mass is 16.1. The minimum absolute atomic E-state index is 0.177. The van der Waals surface area contributed by atoms with Gasteiger partial charge in [0.25, 0.3) is 0 Å². The van der Waals surface area contributed by atoms with Crippen molar-refractivity contribution in [3.63, 3.8) is 0 Å². The number of nitrogens with one attached hydrogen (secondary N) is 1. The van der Waals surface area contributed by atoms with Gasteiger partial charge in [-0.1, -0.05) is 104 Å². The molecule has 3 nitrogen and oxygen atoms in total. The van der Waals surface area contributed by atoms with Gasteiger partial charge in [-0.2, -0.15) is 0 Å². The van der Waals surface area contributed by atoms with Gasteiger partial charge in [0.1, 0.15) is 0 Å². The predicted molar refractivity (Wildman–Crippen MR) is 114 cm³/mol. The second-order valence-electron chi connectivity index (χ2n) is 8.01. The maximum absolute atomic E-state index is 12.3. The molecule has 0 amide bonds. The Hall–Kier alpha value is -0.860. The van der Waals surface area contributed by atoms with Crippen molar-refractivity contribution in [2.45, 2.75) is 117 Å². The zero-order valence-electron chi connectivity index (χ0n) is 17.7. The van der Waals surface area contributed by atoms with E-state index in [4.69, 9.17) is 0 Å². The van der Waals surface area contributed by atoms with Crippen molar-refractivity contribution in [3.05, 3.63) is 0 Å². The van der Waals surface area contributed by atoms with E-state index in [0.717, 1.165) is 25.9 Å². The Bertz CT molecular complexity index is 378. The monoisotopic (exact) mass is 364 g/mol. The van der Waals surface area contributed by atoms with Gasteiger partial charge in [-0.3, -0.25) is 9.79 Å². The lowest BCUT2D eigenvalue weighted by atomic mass is 9.93. The Morgan fingerprint density at radius 1 is 0.846 bits per heavy atom. The number of carbonyl (C=O) groups excluding carboxylic acids is 1. The summed E-state index contributed by atoms with van der Waals surface area (Å²) in [6.45, 7) is 6.00. The number of hydrogen-bond donors (Lipinski definition) is 1. The highest BCUT2D eigenvalue weighted by Crippen LogP contribution is 2.18. The van der Waals surface area contributed by atoms with E-state index >= 15 is 0 Å². The fourth-order valence-corrected chi connectivity index (χ4v) is 3.86. The lowest BCUT2D eigenvalue weighted by Gasteiger charge is -2.13. The summed E-state index contributed by atoms with van der Waals surface area (Å²) in [5, 5.41) is 3.12. The van der Waals surface area contributed by atoms with Crippen LogP contribution in [0.3, 0.4) is 0 Å². The molecule has 0 spiro atoms. The molecule has 1 rings (SSSR count). The van der Waals surface area contributed by atoms with E-state index < -0.39 is 0 Å². The number of Topliss-reactive ketones (excluding diaryl/α,β-unsaturated/α-hetero) is 1. The van der Waals surface area contributed by atoms with Gasteiger partial charge in [-0.15, -0.1) is 0 Å². The molecule has 0 aromatic carbocycles. The first kappa shape index (κ1) is 23.2.